The summed E-state index contributed by atoms with van der Waals surface area (Å²) in [6.07, 6.45) is 4.28. The molecule has 0 fully saturated rings. The number of aliphatic hydroxyl groups is 1. The van der Waals surface area contributed by atoms with Crippen LogP contribution in [-0.4, -0.2) is 38.0 Å². The Kier molecular flexibility index (Phi) is 5.84. The molecule has 0 amide bonds. The van der Waals surface area contributed by atoms with Gasteiger partial charge in [-0.1, -0.05) is 50.1 Å². The number of unbranched alkanes of at least 4 members (excludes halogenated alkanes) is 1. The molecule has 0 saturated heterocycles. The Hall–Kier alpha value is -3.06. The first-order chi connectivity index (χ1) is 13.5. The van der Waals surface area contributed by atoms with Crippen molar-refractivity contribution in [1.82, 2.24) is 15.0 Å². The molecule has 0 radical (unpaired) electrons. The highest BCUT2D eigenvalue weighted by molar-refractivity contribution is 6.10. The normalized spacial score (nSPS) is 13.2. The number of nitrogens with one attached hydrogen (secondary N) is 1. The van der Waals surface area contributed by atoms with Crippen molar-refractivity contribution in [2.75, 3.05) is 17.7 Å². The summed E-state index contributed by atoms with van der Waals surface area (Å²) in [4.78, 5) is 25.6. The van der Waals surface area contributed by atoms with Crippen LogP contribution in [0, 0.1) is 0 Å². The second-order valence-corrected chi connectivity index (χ2v) is 7.16. The fraction of sp³-hybridized carbons (Fsp3) is 0.333. The van der Waals surface area contributed by atoms with E-state index in [4.69, 9.17) is 5.73 Å². The molecular formula is C21H25N5O2. The lowest BCUT2D eigenvalue weighted by molar-refractivity contribution is 0.103. The van der Waals surface area contributed by atoms with Gasteiger partial charge in [-0.2, -0.15) is 4.98 Å². The van der Waals surface area contributed by atoms with Crippen molar-refractivity contribution in [1.29, 1.82) is 0 Å². The maximum absolute atomic E-state index is 12.7. The highest BCUT2D eigenvalue weighted by Gasteiger charge is 2.25. The zero-order valence-electron chi connectivity index (χ0n) is 16.1. The summed E-state index contributed by atoms with van der Waals surface area (Å²) < 4.78 is 0. The Morgan fingerprint density at radius 3 is 2.64 bits per heavy atom. The van der Waals surface area contributed by atoms with Gasteiger partial charge in [0, 0.05) is 17.3 Å². The number of fused-ring (bicyclic) bond motifs is 1. The first-order valence-corrected chi connectivity index (χ1v) is 9.38. The van der Waals surface area contributed by atoms with E-state index in [0.717, 1.165) is 19.3 Å². The van der Waals surface area contributed by atoms with Crippen molar-refractivity contribution < 1.29 is 9.90 Å². The van der Waals surface area contributed by atoms with Gasteiger partial charge in [-0.05, 0) is 19.4 Å². The molecule has 0 bridgehead atoms. The van der Waals surface area contributed by atoms with E-state index in [2.05, 4.69) is 27.2 Å². The number of carbonyl (C=O) groups is 1. The van der Waals surface area contributed by atoms with Crippen LogP contribution < -0.4 is 11.1 Å². The fourth-order valence-electron chi connectivity index (χ4n) is 3.04. The Bertz CT molecular complexity index is 977. The van der Waals surface area contributed by atoms with Gasteiger partial charge >= 0.3 is 0 Å². The van der Waals surface area contributed by atoms with Crippen LogP contribution in [0.1, 0.15) is 49.0 Å². The zero-order chi connectivity index (χ0) is 20.1. The Labute approximate surface area is 164 Å². The van der Waals surface area contributed by atoms with Crippen LogP contribution in [0.5, 0.6) is 0 Å². The van der Waals surface area contributed by atoms with Crippen LogP contribution in [0.4, 0.5) is 11.8 Å². The highest BCUT2D eigenvalue weighted by Crippen LogP contribution is 2.26. The quantitative estimate of drug-likeness (QED) is 0.515. The van der Waals surface area contributed by atoms with Crippen molar-refractivity contribution >= 4 is 28.6 Å². The largest absolute Gasteiger partial charge is 0.394 e. The van der Waals surface area contributed by atoms with Gasteiger partial charge in [-0.15, -0.1) is 0 Å². The molecule has 0 aliphatic heterocycles. The third kappa shape index (κ3) is 4.26. The molecule has 2 aromatic heterocycles. The van der Waals surface area contributed by atoms with Gasteiger partial charge < -0.3 is 16.2 Å². The number of hydrogen-bond donors (Lipinski definition) is 3. The number of rotatable bonds is 8. The van der Waals surface area contributed by atoms with Gasteiger partial charge in [-0.3, -0.25) is 4.79 Å². The van der Waals surface area contributed by atoms with E-state index in [1.54, 1.807) is 18.2 Å². The zero-order valence-corrected chi connectivity index (χ0v) is 16.1. The average molecular weight is 379 g/mol. The summed E-state index contributed by atoms with van der Waals surface area (Å²) in [5.74, 6) is 0.399. The monoisotopic (exact) mass is 379 g/mol. The fourth-order valence-corrected chi connectivity index (χ4v) is 3.04. The summed E-state index contributed by atoms with van der Waals surface area (Å²) in [5.41, 5.74) is 7.33. The number of hydrogen-bond acceptors (Lipinski definition) is 7. The van der Waals surface area contributed by atoms with Crippen molar-refractivity contribution in [3.8, 4) is 0 Å². The minimum absolute atomic E-state index is 0.0526. The summed E-state index contributed by atoms with van der Waals surface area (Å²) in [6.45, 7) is 3.98. The summed E-state index contributed by atoms with van der Waals surface area (Å²) in [5, 5.41) is 13.1. The summed E-state index contributed by atoms with van der Waals surface area (Å²) in [7, 11) is 0. The standard InChI is InChI=1S/C21H25N5O2/c1-3-4-10-21(2,13-27)26-19-17-16(24-20(22)25-19)11-15(12-23-17)18(28)14-8-6-5-7-9-14/h5-9,11-12,27H,3-4,10,13H2,1-2H3,(H3,22,24,25,26)/t21-/m1/s1. The number of nitrogen functional groups attached to an aromatic ring is 1. The molecule has 146 valence electrons. The maximum atomic E-state index is 12.7. The number of aliphatic hydroxyl groups excluding tert-OH is 1. The molecule has 4 N–H and O–H groups in total. The number of nitrogens with zero attached hydrogens (tertiary/aromatic N) is 3. The van der Waals surface area contributed by atoms with Crippen molar-refractivity contribution in [3.63, 3.8) is 0 Å². The summed E-state index contributed by atoms with van der Waals surface area (Å²) >= 11 is 0. The minimum atomic E-state index is -0.552. The number of pyridine rings is 1. The maximum Gasteiger partial charge on any atom is 0.222 e. The Morgan fingerprint density at radius 1 is 1.21 bits per heavy atom. The lowest BCUT2D eigenvalue weighted by Gasteiger charge is -2.29. The topological polar surface area (TPSA) is 114 Å². The van der Waals surface area contributed by atoms with Crippen LogP contribution in [-0.2, 0) is 0 Å². The second kappa shape index (κ2) is 8.31. The van der Waals surface area contributed by atoms with E-state index in [0.29, 0.717) is 28.0 Å². The lowest BCUT2D eigenvalue weighted by Crippen LogP contribution is -2.39. The molecule has 2 heterocycles. The van der Waals surface area contributed by atoms with E-state index in [1.807, 2.05) is 25.1 Å². The van der Waals surface area contributed by atoms with Gasteiger partial charge in [0.05, 0.1) is 17.7 Å². The first kappa shape index (κ1) is 19.7. The molecule has 7 heteroatoms. The second-order valence-electron chi connectivity index (χ2n) is 7.16. The van der Waals surface area contributed by atoms with Crippen molar-refractivity contribution in [2.45, 2.75) is 38.6 Å². The lowest BCUT2D eigenvalue weighted by atomic mass is 9.96. The molecule has 0 aliphatic carbocycles. The van der Waals surface area contributed by atoms with Gasteiger partial charge in [0.15, 0.2) is 11.6 Å². The third-order valence-corrected chi connectivity index (χ3v) is 4.70. The van der Waals surface area contributed by atoms with Crippen molar-refractivity contribution in [2.24, 2.45) is 0 Å². The van der Waals surface area contributed by atoms with Crippen molar-refractivity contribution in [3.05, 3.63) is 53.7 Å². The predicted octanol–water partition coefficient (Wildman–Crippen LogP) is 3.19. The molecule has 0 spiro atoms. The van der Waals surface area contributed by atoms with E-state index < -0.39 is 5.54 Å². The number of aromatic nitrogens is 3. The number of anilines is 2. The smallest absolute Gasteiger partial charge is 0.222 e. The Morgan fingerprint density at radius 2 is 1.96 bits per heavy atom. The molecule has 1 atom stereocenters. The van der Waals surface area contributed by atoms with E-state index >= 15 is 0 Å². The number of nitrogens with two attached hydrogens (primary N) is 1. The molecule has 0 aliphatic rings. The average Bonchev–Trinajstić information content (AvgIpc) is 2.71. The van der Waals surface area contributed by atoms with Gasteiger partial charge in [0.1, 0.15) is 5.52 Å². The van der Waals surface area contributed by atoms with E-state index in [9.17, 15) is 9.90 Å². The van der Waals surface area contributed by atoms with Crippen LogP contribution in [0.2, 0.25) is 0 Å². The molecule has 1 aromatic carbocycles. The number of benzene rings is 1. The van der Waals surface area contributed by atoms with Crippen LogP contribution >= 0.6 is 0 Å². The molecule has 28 heavy (non-hydrogen) atoms. The Balaban J connectivity index is 1.98. The molecule has 3 aromatic rings. The minimum Gasteiger partial charge on any atom is -0.394 e. The molecule has 0 unspecified atom stereocenters. The predicted molar refractivity (Wildman–Crippen MR) is 110 cm³/mol. The van der Waals surface area contributed by atoms with Crippen LogP contribution in [0.25, 0.3) is 11.0 Å². The van der Waals surface area contributed by atoms with E-state index in [1.165, 1.54) is 6.20 Å². The van der Waals surface area contributed by atoms with Crippen LogP contribution in [0.3, 0.4) is 0 Å². The molecule has 7 nitrogen and oxygen atoms in total. The van der Waals surface area contributed by atoms with Crippen LogP contribution in [0.15, 0.2) is 42.6 Å². The van der Waals surface area contributed by atoms with Gasteiger partial charge in [0.2, 0.25) is 5.95 Å². The van der Waals surface area contributed by atoms with Gasteiger partial charge in [-0.25, -0.2) is 9.97 Å². The molecule has 3 rings (SSSR count). The molecular weight excluding hydrogens is 354 g/mol. The highest BCUT2D eigenvalue weighted by atomic mass is 16.3. The van der Waals surface area contributed by atoms with Gasteiger partial charge in [0.25, 0.3) is 0 Å². The molecule has 0 saturated carbocycles. The first-order valence-electron chi connectivity index (χ1n) is 9.38. The third-order valence-electron chi connectivity index (χ3n) is 4.70. The number of ketones is 1. The SMILES string of the molecule is CCCC[C@](C)(CO)Nc1nc(N)nc2cc(C(=O)c3ccccc3)cnc12. The summed E-state index contributed by atoms with van der Waals surface area (Å²) in [6, 6.07) is 10.7. The van der Waals surface area contributed by atoms with E-state index in [-0.39, 0.29) is 18.3 Å². The number of carbonyl (C=O) groups excluding carboxylic acids is 1.